The van der Waals surface area contributed by atoms with Crippen molar-refractivity contribution in [2.24, 2.45) is 0 Å². The van der Waals surface area contributed by atoms with Crippen LogP contribution in [0.3, 0.4) is 0 Å². The van der Waals surface area contributed by atoms with E-state index < -0.39 is 12.7 Å². The lowest BCUT2D eigenvalue weighted by molar-refractivity contribution is 0.103. The Morgan fingerprint density at radius 1 is 0.625 bits per heavy atom. The molecule has 0 amide bonds. The Bertz CT molecular complexity index is 1290. The van der Waals surface area contributed by atoms with Crippen LogP contribution in [0, 0.1) is 0 Å². The Labute approximate surface area is 196 Å². The van der Waals surface area contributed by atoms with E-state index in [1.807, 2.05) is 0 Å². The number of halogens is 2. The second kappa shape index (κ2) is 9.26. The highest BCUT2D eigenvalue weighted by molar-refractivity contribution is 7.93. The average molecular weight is 479 g/mol. The van der Waals surface area contributed by atoms with E-state index in [0.717, 1.165) is 0 Å². The van der Waals surface area contributed by atoms with Crippen LogP contribution in [0.25, 0.3) is 0 Å². The van der Waals surface area contributed by atoms with E-state index in [4.69, 9.17) is 23.2 Å². The molecule has 0 fully saturated rings. The van der Waals surface area contributed by atoms with E-state index in [9.17, 15) is 14.2 Å². The normalized spacial score (nSPS) is 11.2. The predicted octanol–water partition coefficient (Wildman–Crippen LogP) is 6.38. The SMILES string of the molecule is O=C(c1ccccc1)c1ccc(Cl)c(C(=O)P(=O)(c2ccccc2)c2ccccc2)c1Cl. The second-order valence-electron chi connectivity index (χ2n) is 7.06. The summed E-state index contributed by atoms with van der Waals surface area (Å²) in [7, 11) is -3.83. The lowest BCUT2D eigenvalue weighted by Gasteiger charge is -2.20. The van der Waals surface area contributed by atoms with Crippen LogP contribution < -0.4 is 10.6 Å². The Hall–Kier alpha value is -2.97. The molecule has 0 aliphatic rings. The third kappa shape index (κ3) is 3.96. The summed E-state index contributed by atoms with van der Waals surface area (Å²) in [4.78, 5) is 26.9. The summed E-state index contributed by atoms with van der Waals surface area (Å²) in [6, 6.07) is 28.5. The molecule has 0 unspecified atom stereocenters. The van der Waals surface area contributed by atoms with Crippen molar-refractivity contribution in [3.63, 3.8) is 0 Å². The molecular formula is C26H17Cl2O3P. The number of carbonyl (C=O) groups excluding carboxylic acids is 2. The summed E-state index contributed by atoms with van der Waals surface area (Å²) < 4.78 is 14.4. The van der Waals surface area contributed by atoms with Crippen molar-refractivity contribution in [3.8, 4) is 0 Å². The first kappa shape index (κ1) is 22.2. The molecule has 4 rings (SSSR count). The fourth-order valence-electron chi connectivity index (χ4n) is 3.49. The molecule has 0 saturated carbocycles. The second-order valence-corrected chi connectivity index (χ2v) is 10.5. The molecule has 0 saturated heterocycles. The Morgan fingerprint density at radius 3 is 1.59 bits per heavy atom. The fraction of sp³-hybridized carbons (Fsp3) is 0. The fourth-order valence-corrected chi connectivity index (χ4v) is 6.74. The van der Waals surface area contributed by atoms with E-state index in [2.05, 4.69) is 0 Å². The van der Waals surface area contributed by atoms with Gasteiger partial charge in [0.05, 0.1) is 15.6 Å². The summed E-state index contributed by atoms with van der Waals surface area (Å²) in [6.07, 6.45) is 0. The van der Waals surface area contributed by atoms with Crippen LogP contribution in [0.2, 0.25) is 10.0 Å². The molecule has 0 bridgehead atoms. The molecule has 0 aliphatic carbocycles. The molecule has 0 spiro atoms. The summed E-state index contributed by atoms with van der Waals surface area (Å²) in [5, 5.41) is 0.659. The molecule has 0 N–H and O–H groups in total. The van der Waals surface area contributed by atoms with Gasteiger partial charge in [0.2, 0.25) is 12.7 Å². The highest BCUT2D eigenvalue weighted by atomic mass is 35.5. The van der Waals surface area contributed by atoms with Crippen molar-refractivity contribution in [1.82, 2.24) is 0 Å². The number of hydrogen-bond acceptors (Lipinski definition) is 3. The van der Waals surface area contributed by atoms with Gasteiger partial charge in [-0.1, -0.05) is 114 Å². The van der Waals surface area contributed by atoms with Crippen molar-refractivity contribution in [2.75, 3.05) is 0 Å². The first-order valence-electron chi connectivity index (χ1n) is 9.78. The Kier molecular flexibility index (Phi) is 6.43. The monoisotopic (exact) mass is 478 g/mol. The van der Waals surface area contributed by atoms with Gasteiger partial charge in [-0.2, -0.15) is 0 Å². The maximum atomic E-state index is 14.4. The van der Waals surface area contributed by atoms with Gasteiger partial charge in [-0.25, -0.2) is 0 Å². The summed E-state index contributed by atoms with van der Waals surface area (Å²) >= 11 is 13.0. The average Bonchev–Trinajstić information content (AvgIpc) is 2.85. The van der Waals surface area contributed by atoms with Gasteiger partial charge in [-0.05, 0) is 12.1 Å². The van der Waals surface area contributed by atoms with Gasteiger partial charge in [0.1, 0.15) is 0 Å². The molecule has 4 aromatic rings. The van der Waals surface area contributed by atoms with E-state index in [1.165, 1.54) is 12.1 Å². The van der Waals surface area contributed by atoms with E-state index in [1.54, 1.807) is 91.0 Å². The van der Waals surface area contributed by atoms with Crippen molar-refractivity contribution in [2.45, 2.75) is 0 Å². The minimum absolute atomic E-state index is 0.0386. The molecule has 3 nitrogen and oxygen atoms in total. The summed E-state index contributed by atoms with van der Waals surface area (Å²) in [6.45, 7) is 0. The zero-order chi connectivity index (χ0) is 22.7. The van der Waals surface area contributed by atoms with Gasteiger partial charge in [0, 0.05) is 21.7 Å². The van der Waals surface area contributed by atoms with E-state index in [-0.39, 0.29) is 27.0 Å². The van der Waals surface area contributed by atoms with Crippen LogP contribution in [0.4, 0.5) is 0 Å². The van der Waals surface area contributed by atoms with Crippen LogP contribution >= 0.6 is 30.3 Å². The quantitative estimate of drug-likeness (QED) is 0.238. The highest BCUT2D eigenvalue weighted by Gasteiger charge is 2.39. The van der Waals surface area contributed by atoms with E-state index in [0.29, 0.717) is 16.2 Å². The third-order valence-corrected chi connectivity index (χ3v) is 8.67. The molecule has 158 valence electrons. The van der Waals surface area contributed by atoms with Crippen LogP contribution in [0.15, 0.2) is 103 Å². The molecule has 32 heavy (non-hydrogen) atoms. The summed E-state index contributed by atoms with van der Waals surface area (Å²) in [5.74, 6) is -0.351. The van der Waals surface area contributed by atoms with Crippen LogP contribution in [0.5, 0.6) is 0 Å². The van der Waals surface area contributed by atoms with Gasteiger partial charge in [0.15, 0.2) is 5.78 Å². The van der Waals surface area contributed by atoms with Gasteiger partial charge in [-0.15, -0.1) is 0 Å². The largest absolute Gasteiger partial charge is 0.305 e. The van der Waals surface area contributed by atoms with Crippen molar-refractivity contribution in [3.05, 3.63) is 130 Å². The molecule has 0 atom stereocenters. The number of benzene rings is 4. The zero-order valence-corrected chi connectivity index (χ0v) is 19.1. The molecule has 0 aromatic heterocycles. The van der Waals surface area contributed by atoms with Gasteiger partial charge >= 0.3 is 0 Å². The number of rotatable bonds is 6. The molecule has 0 heterocycles. The lowest BCUT2D eigenvalue weighted by Crippen LogP contribution is -2.23. The van der Waals surface area contributed by atoms with Gasteiger partial charge < -0.3 is 4.57 Å². The molecule has 0 aliphatic heterocycles. The molecular weight excluding hydrogens is 462 g/mol. The van der Waals surface area contributed by atoms with Crippen molar-refractivity contribution in [1.29, 1.82) is 0 Å². The Morgan fingerprint density at radius 2 is 1.09 bits per heavy atom. The first-order valence-corrected chi connectivity index (χ1v) is 12.2. The van der Waals surface area contributed by atoms with E-state index >= 15 is 0 Å². The first-order chi connectivity index (χ1) is 15.4. The summed E-state index contributed by atoms with van der Waals surface area (Å²) in [5.41, 5.74) is -0.290. The predicted molar refractivity (Wildman–Crippen MR) is 130 cm³/mol. The minimum Gasteiger partial charge on any atom is -0.305 e. The molecule has 6 heteroatoms. The lowest BCUT2D eigenvalue weighted by atomic mass is 10.0. The van der Waals surface area contributed by atoms with Crippen molar-refractivity contribution < 1.29 is 14.2 Å². The number of ketones is 1. The highest BCUT2D eigenvalue weighted by Crippen LogP contribution is 2.49. The van der Waals surface area contributed by atoms with Crippen LogP contribution in [0.1, 0.15) is 26.3 Å². The van der Waals surface area contributed by atoms with Crippen LogP contribution in [-0.4, -0.2) is 11.3 Å². The van der Waals surface area contributed by atoms with Gasteiger partial charge in [0.25, 0.3) is 0 Å². The minimum atomic E-state index is -3.83. The van der Waals surface area contributed by atoms with Crippen LogP contribution in [-0.2, 0) is 4.57 Å². The third-order valence-electron chi connectivity index (χ3n) is 5.11. The van der Waals surface area contributed by atoms with Crippen molar-refractivity contribution >= 4 is 52.3 Å². The van der Waals surface area contributed by atoms with Gasteiger partial charge in [-0.3, -0.25) is 9.59 Å². The maximum Gasteiger partial charge on any atom is 0.233 e. The topological polar surface area (TPSA) is 51.2 Å². The molecule has 0 radical (unpaired) electrons. The smallest absolute Gasteiger partial charge is 0.233 e. The zero-order valence-electron chi connectivity index (χ0n) is 16.7. The molecule has 4 aromatic carbocycles. The Balaban J connectivity index is 1.91. The standard InChI is InChI=1S/C26H17Cl2O3P/c27-22-17-16-21(25(29)18-10-4-1-5-11-18)24(28)23(22)26(30)32(31,19-12-6-2-7-13-19)20-14-8-3-9-15-20/h1-17H. The maximum absolute atomic E-state index is 14.4. The number of hydrogen-bond donors (Lipinski definition) is 0. The number of carbonyl (C=O) groups is 2.